The second kappa shape index (κ2) is 6.53. The molecule has 106 valence electrons. The topological polar surface area (TPSA) is 101 Å². The summed E-state index contributed by atoms with van der Waals surface area (Å²) in [4.78, 5) is 10.3. The van der Waals surface area contributed by atoms with E-state index in [2.05, 4.69) is 0 Å². The summed E-state index contributed by atoms with van der Waals surface area (Å²) in [6.45, 7) is 2.47. The summed E-state index contributed by atoms with van der Waals surface area (Å²) in [6, 6.07) is 3.44. The van der Waals surface area contributed by atoms with Crippen molar-refractivity contribution in [1.82, 2.24) is 0 Å². The Morgan fingerprint density at radius 2 is 2.00 bits per heavy atom. The number of aromatic carboxylic acids is 1. The quantitative estimate of drug-likeness (QED) is 0.589. The van der Waals surface area contributed by atoms with Gasteiger partial charge in [0.25, 0.3) is 10.1 Å². The molecule has 19 heavy (non-hydrogen) atoms. The molecule has 2 N–H and O–H groups in total. The van der Waals surface area contributed by atoms with E-state index in [4.69, 9.17) is 14.4 Å². The summed E-state index contributed by atoms with van der Waals surface area (Å²) in [5.74, 6) is -1.17. The van der Waals surface area contributed by atoms with E-state index < -0.39 is 26.5 Å². The highest BCUT2D eigenvalue weighted by atomic mass is 32.2. The van der Waals surface area contributed by atoms with Crippen LogP contribution in [-0.4, -0.2) is 30.7 Å². The average Bonchev–Trinajstić information content (AvgIpc) is 2.33. The number of rotatable bonds is 7. The molecule has 0 atom stereocenters. The third-order valence-corrected chi connectivity index (χ3v) is 3.39. The van der Waals surface area contributed by atoms with Crippen molar-refractivity contribution < 1.29 is 27.6 Å². The van der Waals surface area contributed by atoms with Gasteiger partial charge in [0.2, 0.25) is 0 Å². The number of benzene rings is 1. The van der Waals surface area contributed by atoms with E-state index in [0.29, 0.717) is 6.61 Å². The number of unbranched alkanes of at least 4 members (excludes halogenated alkanes) is 2. The monoisotopic (exact) mass is 288 g/mol. The van der Waals surface area contributed by atoms with Crippen LogP contribution in [0.3, 0.4) is 0 Å². The highest BCUT2D eigenvalue weighted by molar-refractivity contribution is 7.86. The standard InChI is InChI=1S/C12H16O6S/c1-2-3-4-7-18-9-5-6-11(19(15,16)17)10(8-9)12(13)14/h5-6,8H,2-4,7H2,1H3,(H,13,14)(H,15,16,17). The molecule has 0 aliphatic carbocycles. The number of carbonyl (C=O) groups is 1. The van der Waals surface area contributed by atoms with E-state index in [-0.39, 0.29) is 5.75 Å². The van der Waals surface area contributed by atoms with E-state index in [9.17, 15) is 13.2 Å². The van der Waals surface area contributed by atoms with Crippen LogP contribution in [0.5, 0.6) is 5.75 Å². The molecule has 1 aromatic rings. The first-order chi connectivity index (χ1) is 8.86. The van der Waals surface area contributed by atoms with Crippen LogP contribution < -0.4 is 4.74 Å². The van der Waals surface area contributed by atoms with Gasteiger partial charge in [-0.25, -0.2) is 4.79 Å². The Bertz CT molecular complexity index is 549. The molecule has 0 spiro atoms. The number of hydrogen-bond acceptors (Lipinski definition) is 4. The van der Waals surface area contributed by atoms with Gasteiger partial charge in [0.15, 0.2) is 0 Å². The van der Waals surface area contributed by atoms with Gasteiger partial charge in [-0.3, -0.25) is 4.55 Å². The van der Waals surface area contributed by atoms with Crippen molar-refractivity contribution in [3.05, 3.63) is 23.8 Å². The summed E-state index contributed by atoms with van der Waals surface area (Å²) in [7, 11) is -4.56. The lowest BCUT2D eigenvalue weighted by molar-refractivity contribution is 0.0691. The molecule has 0 aliphatic heterocycles. The maximum absolute atomic E-state index is 11.0. The lowest BCUT2D eigenvalue weighted by Crippen LogP contribution is -2.09. The van der Waals surface area contributed by atoms with Gasteiger partial charge >= 0.3 is 5.97 Å². The second-order valence-electron chi connectivity index (χ2n) is 3.99. The van der Waals surface area contributed by atoms with Crippen molar-refractivity contribution in [2.45, 2.75) is 31.1 Å². The first-order valence-electron chi connectivity index (χ1n) is 5.84. The average molecular weight is 288 g/mol. The lowest BCUT2D eigenvalue weighted by Gasteiger charge is -2.08. The lowest BCUT2D eigenvalue weighted by atomic mass is 10.2. The number of hydrogen-bond donors (Lipinski definition) is 2. The fraction of sp³-hybridized carbons (Fsp3) is 0.417. The molecule has 0 bridgehead atoms. The largest absolute Gasteiger partial charge is 0.494 e. The molecule has 0 unspecified atom stereocenters. The van der Waals surface area contributed by atoms with Crippen LogP contribution in [0.25, 0.3) is 0 Å². The van der Waals surface area contributed by atoms with Crippen LogP contribution in [0.4, 0.5) is 0 Å². The predicted molar refractivity (Wildman–Crippen MR) is 68.2 cm³/mol. The van der Waals surface area contributed by atoms with Crippen molar-refractivity contribution in [1.29, 1.82) is 0 Å². The first-order valence-corrected chi connectivity index (χ1v) is 7.28. The van der Waals surface area contributed by atoms with Crippen molar-refractivity contribution in [2.75, 3.05) is 6.61 Å². The minimum absolute atomic E-state index is 0.265. The Morgan fingerprint density at radius 1 is 1.32 bits per heavy atom. The second-order valence-corrected chi connectivity index (χ2v) is 5.38. The van der Waals surface area contributed by atoms with Gasteiger partial charge in [-0.15, -0.1) is 0 Å². The van der Waals surface area contributed by atoms with Crippen LogP contribution >= 0.6 is 0 Å². The number of carboxylic acids is 1. The molecule has 0 aromatic heterocycles. The van der Waals surface area contributed by atoms with Crippen LogP contribution in [-0.2, 0) is 10.1 Å². The number of ether oxygens (including phenoxy) is 1. The van der Waals surface area contributed by atoms with Crippen molar-refractivity contribution in [3.8, 4) is 5.75 Å². The van der Waals surface area contributed by atoms with E-state index in [0.717, 1.165) is 31.4 Å². The molecule has 7 heteroatoms. The molecule has 0 fully saturated rings. The van der Waals surface area contributed by atoms with Gasteiger partial charge in [0.05, 0.1) is 12.2 Å². The van der Waals surface area contributed by atoms with Gasteiger partial charge in [0, 0.05) is 0 Å². The van der Waals surface area contributed by atoms with Crippen LogP contribution in [0.15, 0.2) is 23.1 Å². The summed E-state index contributed by atoms with van der Waals surface area (Å²) < 4.78 is 36.3. The molecular weight excluding hydrogens is 272 g/mol. The summed E-state index contributed by atoms with van der Waals surface area (Å²) in [6.07, 6.45) is 2.86. The minimum Gasteiger partial charge on any atom is -0.494 e. The Labute approximate surface area is 111 Å². The van der Waals surface area contributed by atoms with Crippen LogP contribution in [0.2, 0.25) is 0 Å². The maximum atomic E-state index is 11.0. The molecule has 6 nitrogen and oxygen atoms in total. The smallest absolute Gasteiger partial charge is 0.337 e. The van der Waals surface area contributed by atoms with Crippen molar-refractivity contribution in [3.63, 3.8) is 0 Å². The molecule has 0 heterocycles. The zero-order chi connectivity index (χ0) is 14.5. The molecule has 1 aromatic carbocycles. The highest BCUT2D eigenvalue weighted by Crippen LogP contribution is 2.22. The number of carboxylic acid groups (broad SMARTS) is 1. The van der Waals surface area contributed by atoms with E-state index >= 15 is 0 Å². The molecule has 0 amide bonds. The first kappa shape index (κ1) is 15.5. The van der Waals surface area contributed by atoms with Crippen LogP contribution in [0, 0.1) is 0 Å². The zero-order valence-electron chi connectivity index (χ0n) is 10.5. The summed E-state index contributed by atoms with van der Waals surface area (Å²) in [5, 5.41) is 8.93. The van der Waals surface area contributed by atoms with Gasteiger partial charge in [0.1, 0.15) is 10.6 Å². The fourth-order valence-electron chi connectivity index (χ4n) is 1.53. The fourth-order valence-corrected chi connectivity index (χ4v) is 2.20. The van der Waals surface area contributed by atoms with Gasteiger partial charge in [-0.1, -0.05) is 19.8 Å². The van der Waals surface area contributed by atoms with E-state index in [1.165, 1.54) is 6.07 Å². The molecule has 1 rings (SSSR count). The minimum atomic E-state index is -4.56. The molecule has 0 radical (unpaired) electrons. The normalized spacial score (nSPS) is 11.3. The van der Waals surface area contributed by atoms with E-state index in [1.54, 1.807) is 0 Å². The third kappa shape index (κ3) is 4.53. The van der Waals surface area contributed by atoms with Gasteiger partial charge in [-0.05, 0) is 24.6 Å². The summed E-state index contributed by atoms with van der Waals surface area (Å²) in [5.41, 5.74) is -0.504. The van der Waals surface area contributed by atoms with Gasteiger partial charge < -0.3 is 9.84 Å². The molecule has 0 aliphatic rings. The predicted octanol–water partition coefficient (Wildman–Crippen LogP) is 2.20. The summed E-state index contributed by atoms with van der Waals surface area (Å²) >= 11 is 0. The molecular formula is C12H16O6S. The SMILES string of the molecule is CCCCCOc1ccc(S(=O)(=O)O)c(C(=O)O)c1. The Hall–Kier alpha value is -1.60. The Kier molecular flexibility index (Phi) is 5.31. The highest BCUT2D eigenvalue weighted by Gasteiger charge is 2.20. The van der Waals surface area contributed by atoms with Crippen molar-refractivity contribution in [2.24, 2.45) is 0 Å². The van der Waals surface area contributed by atoms with Gasteiger partial charge in [-0.2, -0.15) is 8.42 Å². The van der Waals surface area contributed by atoms with E-state index in [1.807, 2.05) is 6.92 Å². The van der Waals surface area contributed by atoms with Crippen molar-refractivity contribution >= 4 is 16.1 Å². The Balaban J connectivity index is 2.94. The maximum Gasteiger partial charge on any atom is 0.337 e. The third-order valence-electron chi connectivity index (χ3n) is 2.48. The molecule has 0 saturated heterocycles. The molecule has 0 saturated carbocycles. The zero-order valence-corrected chi connectivity index (χ0v) is 11.3. The van der Waals surface area contributed by atoms with Crippen LogP contribution in [0.1, 0.15) is 36.5 Å². The Morgan fingerprint density at radius 3 is 2.53 bits per heavy atom.